The van der Waals surface area contributed by atoms with Crippen molar-refractivity contribution >= 4 is 46.8 Å². The number of hydrogen-bond acceptors (Lipinski definition) is 7. The number of rotatable bonds is 5. The van der Waals surface area contributed by atoms with E-state index in [-0.39, 0.29) is 35.6 Å². The molecule has 2 atom stereocenters. The van der Waals surface area contributed by atoms with Gasteiger partial charge in [0, 0.05) is 30.2 Å². The lowest BCUT2D eigenvalue weighted by Crippen LogP contribution is -2.42. The van der Waals surface area contributed by atoms with Crippen molar-refractivity contribution in [2.45, 2.75) is 39.0 Å². The summed E-state index contributed by atoms with van der Waals surface area (Å²) in [4.78, 5) is 59.7. The minimum atomic E-state index is -1.01. The van der Waals surface area contributed by atoms with Crippen LogP contribution in [0.3, 0.4) is 0 Å². The quantitative estimate of drug-likeness (QED) is 0.552. The van der Waals surface area contributed by atoms with Crippen LogP contribution in [0.15, 0.2) is 23.0 Å². The van der Waals surface area contributed by atoms with Gasteiger partial charge in [0.25, 0.3) is 5.56 Å². The van der Waals surface area contributed by atoms with Crippen LogP contribution in [0.5, 0.6) is 0 Å². The number of benzene rings is 1. The van der Waals surface area contributed by atoms with E-state index in [1.165, 1.54) is 0 Å². The number of halogens is 1. The molecule has 1 saturated heterocycles. The predicted molar refractivity (Wildman–Crippen MR) is 127 cm³/mol. The van der Waals surface area contributed by atoms with Crippen molar-refractivity contribution in [1.82, 2.24) is 9.97 Å². The summed E-state index contributed by atoms with van der Waals surface area (Å²) in [6.45, 7) is 4.75. The van der Waals surface area contributed by atoms with Crippen LogP contribution in [0.25, 0.3) is 0 Å². The lowest BCUT2D eigenvalue weighted by Gasteiger charge is -2.32. The van der Waals surface area contributed by atoms with Crippen molar-refractivity contribution < 1.29 is 19.1 Å². The molecule has 2 unspecified atom stereocenters. The first-order valence-electron chi connectivity index (χ1n) is 11.2. The number of fused-ring (bicyclic) bond motifs is 1. The average molecular weight is 488 g/mol. The summed E-state index contributed by atoms with van der Waals surface area (Å²) in [5.41, 5.74) is 0.770. The van der Waals surface area contributed by atoms with Gasteiger partial charge in [-0.25, -0.2) is 0 Å². The summed E-state index contributed by atoms with van der Waals surface area (Å²) in [6.07, 6.45) is 1.23. The average Bonchev–Trinajstić information content (AvgIpc) is 2.81. The highest BCUT2D eigenvalue weighted by atomic mass is 35.5. The van der Waals surface area contributed by atoms with E-state index in [1.54, 1.807) is 36.9 Å². The third kappa shape index (κ3) is 4.77. The number of carbonyl (C=O) groups excluding carboxylic acids is 3. The second-order valence-electron chi connectivity index (χ2n) is 8.40. The molecule has 10 nitrogen and oxygen atoms in total. The number of aromatic amines is 1. The van der Waals surface area contributed by atoms with Crippen LogP contribution in [0, 0.1) is 12.8 Å². The zero-order chi connectivity index (χ0) is 24.4. The molecule has 0 spiro atoms. The molecule has 0 radical (unpaired) electrons. The molecule has 3 N–H and O–H groups in total. The summed E-state index contributed by atoms with van der Waals surface area (Å²) < 4.78 is 5.13. The summed E-state index contributed by atoms with van der Waals surface area (Å²) in [6, 6.07) is 5.11. The Hall–Kier alpha value is -3.40. The molecule has 0 bridgehead atoms. The number of amides is 2. The SMILES string of the molecule is CCOC(=O)C1CCCN(c2nc3c(c(=O)[nH]2)C(C(=O)Nc2cccc(Cl)c2C)CC(=O)N3)C1. The Bertz CT molecular complexity index is 1200. The molecule has 2 aliphatic heterocycles. The molecular weight excluding hydrogens is 462 g/mol. The van der Waals surface area contributed by atoms with Gasteiger partial charge in [0.2, 0.25) is 17.8 Å². The highest BCUT2D eigenvalue weighted by Gasteiger charge is 2.36. The van der Waals surface area contributed by atoms with Gasteiger partial charge in [0.05, 0.1) is 24.0 Å². The van der Waals surface area contributed by atoms with Crippen LogP contribution in [-0.4, -0.2) is 47.4 Å². The number of nitrogens with zero attached hydrogens (tertiary/aromatic N) is 2. The maximum atomic E-state index is 13.1. The topological polar surface area (TPSA) is 133 Å². The minimum absolute atomic E-state index is 0.0521. The van der Waals surface area contributed by atoms with Crippen molar-refractivity contribution in [3.63, 3.8) is 0 Å². The Kier molecular flexibility index (Phi) is 6.87. The smallest absolute Gasteiger partial charge is 0.310 e. The molecule has 2 aromatic rings. The Morgan fingerprint density at radius 2 is 2.12 bits per heavy atom. The second kappa shape index (κ2) is 9.84. The number of carbonyl (C=O) groups is 3. The molecule has 0 saturated carbocycles. The maximum Gasteiger partial charge on any atom is 0.310 e. The Morgan fingerprint density at radius 1 is 1.32 bits per heavy atom. The van der Waals surface area contributed by atoms with Gasteiger partial charge in [0.1, 0.15) is 5.82 Å². The van der Waals surface area contributed by atoms with E-state index in [0.29, 0.717) is 42.4 Å². The maximum absolute atomic E-state index is 13.1. The molecule has 2 aliphatic rings. The highest BCUT2D eigenvalue weighted by Crippen LogP contribution is 2.32. The van der Waals surface area contributed by atoms with Gasteiger partial charge in [-0.2, -0.15) is 4.98 Å². The molecule has 0 aliphatic carbocycles. The number of H-pyrrole nitrogens is 1. The van der Waals surface area contributed by atoms with Gasteiger partial charge in [-0.1, -0.05) is 17.7 Å². The van der Waals surface area contributed by atoms with E-state index in [0.717, 1.165) is 6.42 Å². The Morgan fingerprint density at radius 3 is 2.88 bits per heavy atom. The summed E-state index contributed by atoms with van der Waals surface area (Å²) >= 11 is 6.14. The Labute approximate surface area is 201 Å². The van der Waals surface area contributed by atoms with Gasteiger partial charge in [-0.15, -0.1) is 0 Å². The van der Waals surface area contributed by atoms with Crippen LogP contribution in [0.4, 0.5) is 17.5 Å². The van der Waals surface area contributed by atoms with Crippen molar-refractivity contribution in [3.8, 4) is 0 Å². The van der Waals surface area contributed by atoms with Crippen LogP contribution in [0.1, 0.15) is 43.2 Å². The normalized spacial score (nSPS) is 19.7. The molecule has 1 aromatic heterocycles. The van der Waals surface area contributed by atoms with Gasteiger partial charge < -0.3 is 20.3 Å². The number of piperidine rings is 1. The number of hydrogen-bond donors (Lipinski definition) is 3. The monoisotopic (exact) mass is 487 g/mol. The molecule has 1 fully saturated rings. The third-order valence-corrected chi connectivity index (χ3v) is 6.53. The van der Waals surface area contributed by atoms with Crippen LogP contribution in [0.2, 0.25) is 5.02 Å². The number of anilines is 3. The fraction of sp³-hybridized carbons (Fsp3) is 0.435. The molecular formula is C23H26ClN5O5. The lowest BCUT2D eigenvalue weighted by molar-refractivity contribution is -0.148. The van der Waals surface area contributed by atoms with Crippen LogP contribution in [-0.2, 0) is 19.1 Å². The van der Waals surface area contributed by atoms with Gasteiger partial charge in [0.15, 0.2) is 0 Å². The van der Waals surface area contributed by atoms with E-state index >= 15 is 0 Å². The molecule has 11 heteroatoms. The summed E-state index contributed by atoms with van der Waals surface area (Å²) in [5, 5.41) is 5.88. The molecule has 180 valence electrons. The molecule has 34 heavy (non-hydrogen) atoms. The standard InChI is InChI=1S/C23H26ClN5O5/c1-3-34-22(33)13-6-5-9-29(11-13)23-27-19-18(21(32)28-23)14(10-17(30)26-19)20(31)25-16-8-4-7-15(24)12(16)2/h4,7-8,13-14H,3,5-6,9-11H2,1-2H3,(H,25,31)(H2,26,27,28,30,32). The van der Waals surface area contributed by atoms with Gasteiger partial charge in [-0.3, -0.25) is 24.2 Å². The van der Waals surface area contributed by atoms with Crippen molar-refractivity contribution in [1.29, 1.82) is 0 Å². The molecule has 1 aromatic carbocycles. The first-order valence-corrected chi connectivity index (χ1v) is 11.6. The van der Waals surface area contributed by atoms with Crippen LogP contribution >= 0.6 is 11.6 Å². The van der Waals surface area contributed by atoms with Gasteiger partial charge >= 0.3 is 5.97 Å². The van der Waals surface area contributed by atoms with Crippen molar-refractivity contribution in [2.24, 2.45) is 5.92 Å². The van der Waals surface area contributed by atoms with E-state index < -0.39 is 23.3 Å². The van der Waals surface area contributed by atoms with Crippen molar-refractivity contribution in [2.75, 3.05) is 35.2 Å². The van der Waals surface area contributed by atoms with E-state index in [9.17, 15) is 19.2 Å². The molecule has 2 amide bonds. The zero-order valence-electron chi connectivity index (χ0n) is 18.9. The number of nitrogens with one attached hydrogen (secondary N) is 3. The van der Waals surface area contributed by atoms with Crippen LogP contribution < -0.4 is 21.1 Å². The predicted octanol–water partition coefficient (Wildman–Crippen LogP) is 2.58. The number of ether oxygens (including phenoxy) is 1. The fourth-order valence-corrected chi connectivity index (χ4v) is 4.49. The number of aromatic nitrogens is 2. The molecule has 4 rings (SSSR count). The first kappa shape index (κ1) is 23.7. The first-order chi connectivity index (χ1) is 16.3. The third-order valence-electron chi connectivity index (χ3n) is 6.12. The number of esters is 1. The van der Waals surface area contributed by atoms with Crippen molar-refractivity contribution in [3.05, 3.63) is 44.7 Å². The van der Waals surface area contributed by atoms with E-state index in [1.807, 2.05) is 0 Å². The highest BCUT2D eigenvalue weighted by molar-refractivity contribution is 6.31. The van der Waals surface area contributed by atoms with E-state index in [4.69, 9.17) is 16.3 Å². The second-order valence-corrected chi connectivity index (χ2v) is 8.80. The summed E-state index contributed by atoms with van der Waals surface area (Å²) in [7, 11) is 0. The molecule has 3 heterocycles. The van der Waals surface area contributed by atoms with E-state index in [2.05, 4.69) is 20.6 Å². The fourth-order valence-electron chi connectivity index (χ4n) is 4.32. The van der Waals surface area contributed by atoms with Gasteiger partial charge in [-0.05, 0) is 44.4 Å². The Balaban J connectivity index is 1.61. The minimum Gasteiger partial charge on any atom is -0.466 e. The summed E-state index contributed by atoms with van der Waals surface area (Å²) in [5.74, 6) is -2.25. The largest absolute Gasteiger partial charge is 0.466 e. The zero-order valence-corrected chi connectivity index (χ0v) is 19.7. The lowest BCUT2D eigenvalue weighted by atomic mass is 9.92.